The van der Waals surface area contributed by atoms with Crippen LogP contribution in [0.25, 0.3) is 0 Å². The summed E-state index contributed by atoms with van der Waals surface area (Å²) in [6, 6.07) is 11.0. The van der Waals surface area contributed by atoms with E-state index in [1.54, 1.807) is 11.0 Å². The lowest BCUT2D eigenvalue weighted by atomic mass is 10.1. The van der Waals surface area contributed by atoms with Crippen LogP contribution in [0.5, 0.6) is 0 Å². The lowest BCUT2D eigenvalue weighted by molar-refractivity contribution is -0.118. The molecular formula is C19H24ClN5O2. The quantitative estimate of drug-likeness (QED) is 0.835. The number of rotatable bonds is 4. The van der Waals surface area contributed by atoms with E-state index in [1.807, 2.05) is 41.2 Å². The van der Waals surface area contributed by atoms with Crippen molar-refractivity contribution in [3.63, 3.8) is 0 Å². The van der Waals surface area contributed by atoms with Crippen molar-refractivity contribution in [3.8, 4) is 0 Å². The number of amides is 2. The van der Waals surface area contributed by atoms with Gasteiger partial charge in [-0.1, -0.05) is 18.2 Å². The Balaban J connectivity index is 0.00000210. The molecule has 7 nitrogen and oxygen atoms in total. The molecule has 2 aliphatic rings. The fraction of sp³-hybridized carbons (Fsp3) is 0.421. The molecule has 1 aromatic carbocycles. The minimum absolute atomic E-state index is 0. The molecule has 2 amide bonds. The minimum Gasteiger partial charge on any atom is -0.339 e. The first-order valence-corrected chi connectivity index (χ1v) is 9.15. The summed E-state index contributed by atoms with van der Waals surface area (Å²) < 4.78 is 1.85. The number of piperidine rings is 1. The predicted octanol–water partition coefficient (Wildman–Crippen LogP) is 1.76. The second-order valence-electron chi connectivity index (χ2n) is 6.82. The van der Waals surface area contributed by atoms with Gasteiger partial charge in [0.05, 0.1) is 6.04 Å². The third kappa shape index (κ3) is 4.14. The first kappa shape index (κ1) is 19.4. The Morgan fingerprint density at radius 3 is 2.74 bits per heavy atom. The van der Waals surface area contributed by atoms with Crippen LogP contribution in [0.15, 0.2) is 42.6 Å². The highest BCUT2D eigenvalue weighted by molar-refractivity contribution is 6.03. The Bertz CT molecular complexity index is 788. The van der Waals surface area contributed by atoms with Crippen molar-refractivity contribution in [1.82, 2.24) is 20.4 Å². The summed E-state index contributed by atoms with van der Waals surface area (Å²) in [4.78, 5) is 26.8. The van der Waals surface area contributed by atoms with E-state index < -0.39 is 6.04 Å². The number of hydrogen-bond donors (Lipinski definition) is 2. The molecule has 2 fully saturated rings. The van der Waals surface area contributed by atoms with Crippen molar-refractivity contribution >= 4 is 29.9 Å². The number of para-hydroxylation sites is 1. The van der Waals surface area contributed by atoms with Crippen LogP contribution >= 0.6 is 12.4 Å². The van der Waals surface area contributed by atoms with E-state index in [9.17, 15) is 9.59 Å². The molecule has 2 aromatic rings. The highest BCUT2D eigenvalue weighted by Gasteiger charge is 2.34. The smallest absolute Gasteiger partial charge is 0.272 e. The normalized spacial score (nSPS) is 22.4. The summed E-state index contributed by atoms with van der Waals surface area (Å²) in [7, 11) is 0. The SMILES string of the molecule is Cl.O=C(NC1CCN(c2ccccc2)C1=O)c1ccn(C2CCCNC2)n1. The predicted molar refractivity (Wildman–Crippen MR) is 105 cm³/mol. The van der Waals surface area contributed by atoms with Gasteiger partial charge in [0.2, 0.25) is 5.91 Å². The average Bonchev–Trinajstić information content (AvgIpc) is 3.31. The van der Waals surface area contributed by atoms with E-state index in [-0.39, 0.29) is 30.3 Å². The molecule has 0 spiro atoms. The molecule has 3 heterocycles. The maximum Gasteiger partial charge on any atom is 0.272 e. The van der Waals surface area contributed by atoms with Gasteiger partial charge in [0, 0.05) is 25.0 Å². The molecule has 0 radical (unpaired) electrons. The number of hydrogen-bond acceptors (Lipinski definition) is 4. The van der Waals surface area contributed by atoms with Crippen molar-refractivity contribution in [2.45, 2.75) is 31.3 Å². The van der Waals surface area contributed by atoms with Crippen molar-refractivity contribution in [2.75, 3.05) is 24.5 Å². The summed E-state index contributed by atoms with van der Waals surface area (Å²) in [5.41, 5.74) is 1.23. The fourth-order valence-electron chi connectivity index (χ4n) is 3.63. The molecular weight excluding hydrogens is 366 g/mol. The lowest BCUT2D eigenvalue weighted by Crippen LogP contribution is -2.41. The van der Waals surface area contributed by atoms with Gasteiger partial charge >= 0.3 is 0 Å². The van der Waals surface area contributed by atoms with Crippen LogP contribution in [0.1, 0.15) is 35.8 Å². The van der Waals surface area contributed by atoms with Gasteiger partial charge in [0.25, 0.3) is 5.91 Å². The van der Waals surface area contributed by atoms with E-state index in [4.69, 9.17) is 0 Å². The summed E-state index contributed by atoms with van der Waals surface area (Å²) in [6.45, 7) is 2.51. The first-order valence-electron chi connectivity index (χ1n) is 9.15. The number of carbonyl (C=O) groups is 2. The molecule has 4 rings (SSSR count). The maximum atomic E-state index is 12.6. The van der Waals surface area contributed by atoms with E-state index >= 15 is 0 Å². The molecule has 2 unspecified atom stereocenters. The van der Waals surface area contributed by atoms with Gasteiger partial charge in [-0.3, -0.25) is 14.3 Å². The molecule has 27 heavy (non-hydrogen) atoms. The first-order chi connectivity index (χ1) is 12.7. The second-order valence-corrected chi connectivity index (χ2v) is 6.82. The molecule has 2 saturated heterocycles. The Labute approximate surface area is 164 Å². The molecule has 0 saturated carbocycles. The highest BCUT2D eigenvalue weighted by atomic mass is 35.5. The Morgan fingerprint density at radius 1 is 1.19 bits per heavy atom. The zero-order valence-corrected chi connectivity index (χ0v) is 15.8. The number of nitrogens with zero attached hydrogens (tertiary/aromatic N) is 3. The largest absolute Gasteiger partial charge is 0.339 e. The lowest BCUT2D eigenvalue weighted by Gasteiger charge is -2.22. The third-order valence-electron chi connectivity index (χ3n) is 5.06. The standard InChI is InChI=1S/C19H23N5O2.ClH/c25-18(16-9-12-24(22-16)15-7-4-10-20-13-15)21-17-8-11-23(19(17)26)14-5-2-1-3-6-14;/h1-3,5-6,9,12,15,17,20H,4,7-8,10-11,13H2,(H,21,25);1H. The van der Waals surface area contributed by atoms with Crippen LogP contribution in [0.2, 0.25) is 0 Å². The van der Waals surface area contributed by atoms with Crippen LogP contribution in [-0.4, -0.2) is 47.3 Å². The number of benzene rings is 1. The Kier molecular flexibility index (Phi) is 6.13. The Morgan fingerprint density at radius 2 is 2.00 bits per heavy atom. The molecule has 0 bridgehead atoms. The minimum atomic E-state index is -0.496. The van der Waals surface area contributed by atoms with Crippen LogP contribution in [0.4, 0.5) is 5.69 Å². The topological polar surface area (TPSA) is 79.3 Å². The van der Waals surface area contributed by atoms with Crippen molar-refractivity contribution < 1.29 is 9.59 Å². The van der Waals surface area contributed by atoms with E-state index in [2.05, 4.69) is 15.7 Å². The maximum absolute atomic E-state index is 12.6. The van der Waals surface area contributed by atoms with Gasteiger partial charge < -0.3 is 15.5 Å². The van der Waals surface area contributed by atoms with Gasteiger partial charge in [-0.15, -0.1) is 12.4 Å². The molecule has 144 valence electrons. The molecule has 1 aromatic heterocycles. The number of anilines is 1. The van der Waals surface area contributed by atoms with Gasteiger partial charge in [-0.2, -0.15) is 5.10 Å². The number of carbonyl (C=O) groups excluding carboxylic acids is 2. The highest BCUT2D eigenvalue weighted by Crippen LogP contribution is 2.21. The van der Waals surface area contributed by atoms with Crippen LogP contribution in [0, 0.1) is 0 Å². The van der Waals surface area contributed by atoms with Crippen LogP contribution < -0.4 is 15.5 Å². The monoisotopic (exact) mass is 389 g/mol. The fourth-order valence-corrected chi connectivity index (χ4v) is 3.63. The number of halogens is 1. The molecule has 2 N–H and O–H groups in total. The van der Waals surface area contributed by atoms with Crippen LogP contribution in [-0.2, 0) is 4.79 Å². The van der Waals surface area contributed by atoms with Crippen LogP contribution in [0.3, 0.4) is 0 Å². The van der Waals surface area contributed by atoms with Gasteiger partial charge in [0.1, 0.15) is 11.7 Å². The van der Waals surface area contributed by atoms with Crippen molar-refractivity contribution in [2.24, 2.45) is 0 Å². The number of aromatic nitrogens is 2. The average molecular weight is 390 g/mol. The van der Waals surface area contributed by atoms with E-state index in [0.717, 1.165) is 31.6 Å². The van der Waals surface area contributed by atoms with Gasteiger partial charge in [0.15, 0.2) is 0 Å². The second kappa shape index (κ2) is 8.54. The molecule has 2 aliphatic heterocycles. The molecule has 0 aliphatic carbocycles. The number of nitrogens with one attached hydrogen (secondary N) is 2. The summed E-state index contributed by atoms with van der Waals surface area (Å²) >= 11 is 0. The molecule has 8 heteroatoms. The molecule has 2 atom stereocenters. The van der Waals surface area contributed by atoms with Gasteiger partial charge in [-0.25, -0.2) is 0 Å². The summed E-state index contributed by atoms with van der Waals surface area (Å²) in [5, 5.41) is 10.6. The van der Waals surface area contributed by atoms with E-state index in [1.165, 1.54) is 0 Å². The third-order valence-corrected chi connectivity index (χ3v) is 5.06. The summed E-state index contributed by atoms with van der Waals surface area (Å²) in [6.07, 6.45) is 4.62. The summed E-state index contributed by atoms with van der Waals surface area (Å²) in [5.74, 6) is -0.360. The van der Waals surface area contributed by atoms with Gasteiger partial charge in [-0.05, 0) is 44.0 Å². The zero-order valence-electron chi connectivity index (χ0n) is 15.0. The van der Waals surface area contributed by atoms with Crippen molar-refractivity contribution in [1.29, 1.82) is 0 Å². The van der Waals surface area contributed by atoms with Crippen molar-refractivity contribution in [3.05, 3.63) is 48.3 Å². The zero-order chi connectivity index (χ0) is 17.9. The Hall–Kier alpha value is -2.38. The van der Waals surface area contributed by atoms with E-state index in [0.29, 0.717) is 18.7 Å².